The molecule has 12 atom stereocenters. The Morgan fingerprint density at radius 2 is 1.96 bits per heavy atom. The van der Waals surface area contributed by atoms with Crippen molar-refractivity contribution < 1.29 is 43.6 Å². The molecule has 12 nitrogen and oxygen atoms in total. The van der Waals surface area contributed by atoms with Gasteiger partial charge in [-0.3, -0.25) is 9.69 Å². The number of aliphatic hydroxyl groups excluding tert-OH is 1. The summed E-state index contributed by atoms with van der Waals surface area (Å²) in [5.41, 5.74) is -1.33. The van der Waals surface area contributed by atoms with Crippen LogP contribution in [0.4, 0.5) is 4.79 Å². The second-order valence-corrected chi connectivity index (χ2v) is 15.8. The number of carbonyl (C=O) groups is 2. The summed E-state index contributed by atoms with van der Waals surface area (Å²) in [5, 5.41) is 21.9. The van der Waals surface area contributed by atoms with Crippen molar-refractivity contribution in [2.24, 2.45) is 17.7 Å². The molecule has 4 aliphatic rings. The van der Waals surface area contributed by atoms with Crippen LogP contribution >= 0.6 is 0 Å². The first-order chi connectivity index (χ1) is 23.5. The monoisotopic (exact) mass is 705 g/mol. The van der Waals surface area contributed by atoms with Crippen molar-refractivity contribution in [3.8, 4) is 0 Å². The number of rotatable bonds is 12. The van der Waals surface area contributed by atoms with Gasteiger partial charge >= 0.3 is 12.1 Å². The Labute approximate surface area is 298 Å². The molecule has 2 bridgehead atoms. The van der Waals surface area contributed by atoms with Crippen molar-refractivity contribution in [1.29, 1.82) is 0 Å². The van der Waals surface area contributed by atoms with Crippen molar-refractivity contribution >= 4 is 12.1 Å². The van der Waals surface area contributed by atoms with Gasteiger partial charge in [-0.1, -0.05) is 45.1 Å². The number of aliphatic hydroxyl groups is 2. The molecule has 50 heavy (non-hydrogen) atoms. The zero-order valence-electron chi connectivity index (χ0n) is 31.6. The second kappa shape index (κ2) is 17.0. The molecule has 0 aromatic rings. The molecule has 0 aliphatic carbocycles. The van der Waals surface area contributed by atoms with E-state index in [0.717, 1.165) is 25.0 Å². The zero-order valence-corrected chi connectivity index (χ0v) is 31.6. The van der Waals surface area contributed by atoms with Crippen LogP contribution in [-0.2, 0) is 28.6 Å². The summed E-state index contributed by atoms with van der Waals surface area (Å²) < 4.78 is 24.0. The lowest BCUT2D eigenvalue weighted by Crippen LogP contribution is -2.53. The number of esters is 1. The van der Waals surface area contributed by atoms with Crippen LogP contribution in [0.1, 0.15) is 93.9 Å². The van der Waals surface area contributed by atoms with Crippen LogP contribution in [0.3, 0.4) is 0 Å². The molecular weight excluding hydrogens is 642 g/mol. The van der Waals surface area contributed by atoms with Gasteiger partial charge in [-0.2, -0.15) is 0 Å². The Bertz CT molecular complexity index is 1250. The van der Waals surface area contributed by atoms with Gasteiger partial charge in [0, 0.05) is 56.6 Å². The number of allylic oxidation sites excluding steroid dienone is 2. The molecule has 0 aromatic heterocycles. The van der Waals surface area contributed by atoms with Gasteiger partial charge < -0.3 is 38.9 Å². The topological polar surface area (TPSA) is 157 Å². The highest BCUT2D eigenvalue weighted by molar-refractivity contribution is 5.71. The fraction of sp³-hybridized carbons (Fsp3) is 0.789. The molecule has 10 unspecified atom stereocenters. The summed E-state index contributed by atoms with van der Waals surface area (Å²) in [7, 11) is 1.58. The lowest BCUT2D eigenvalue weighted by molar-refractivity contribution is -0.151. The van der Waals surface area contributed by atoms with Crippen LogP contribution in [0.2, 0.25) is 0 Å². The first-order valence-electron chi connectivity index (χ1n) is 18.5. The van der Waals surface area contributed by atoms with E-state index in [1.165, 1.54) is 0 Å². The molecule has 0 saturated carbocycles. The lowest BCUT2D eigenvalue weighted by atomic mass is 9.88. The maximum absolute atomic E-state index is 13.6. The molecule has 1 amide bonds. The summed E-state index contributed by atoms with van der Waals surface area (Å²) in [5.74, 6) is 4.73. The van der Waals surface area contributed by atoms with Crippen LogP contribution < -0.4 is 5.90 Å². The van der Waals surface area contributed by atoms with Crippen molar-refractivity contribution in [2.45, 2.75) is 160 Å². The number of nitrogens with two attached hydrogens (primary N) is 1. The van der Waals surface area contributed by atoms with Crippen molar-refractivity contribution in [1.82, 2.24) is 9.80 Å². The molecule has 0 spiro atoms. The summed E-state index contributed by atoms with van der Waals surface area (Å²) in [6.07, 6.45) is 8.64. The maximum Gasteiger partial charge on any atom is 0.410 e. The molecule has 3 fully saturated rings. The number of likely N-dealkylation sites (tertiary alicyclic amines) is 2. The van der Waals surface area contributed by atoms with Gasteiger partial charge in [-0.15, -0.1) is 0 Å². The predicted molar refractivity (Wildman–Crippen MR) is 190 cm³/mol. The number of cyclic esters (lactones) is 1. The number of epoxide rings is 1. The molecule has 4 heterocycles. The number of methoxy groups -OCH3 is 1. The number of hydrogen-bond donors (Lipinski definition) is 3. The van der Waals surface area contributed by atoms with Crippen LogP contribution in [0.25, 0.3) is 0 Å². The van der Waals surface area contributed by atoms with Gasteiger partial charge in [0.2, 0.25) is 0 Å². The number of ether oxygens (including phenoxy) is 4. The Kier molecular flexibility index (Phi) is 13.8. The van der Waals surface area contributed by atoms with E-state index in [1.54, 1.807) is 26.2 Å². The quantitative estimate of drug-likeness (QED) is 0.0868. The molecular formula is C38H63N3O9. The van der Waals surface area contributed by atoms with Crippen molar-refractivity contribution in [2.75, 3.05) is 20.2 Å². The number of piperazine rings is 1. The highest BCUT2D eigenvalue weighted by Gasteiger charge is 2.49. The van der Waals surface area contributed by atoms with Crippen LogP contribution in [0, 0.1) is 11.8 Å². The fourth-order valence-corrected chi connectivity index (χ4v) is 7.95. The van der Waals surface area contributed by atoms with Gasteiger partial charge in [-0.05, 0) is 72.0 Å². The standard InChI is InChI=1S/C38H63N3O9/c1-10-30(50-39)26(6)35-31(47-35)20-37(7,45)16-11-12-24(4)34-25(5)13-14-32(38(8,46-9)17-15-29(42)19-33(43)49-34)48-36(44)41-22-27-18-28(41)21-40(27)23(2)3/h11-14,16,23,25-32,34-35,42,45H,10,15,17-22,39H2,1-9H3/b14-13+,16-11+,24-12+/t25?,26?,27-,28-,29?,30?,31?,32?,34?,35?,37?,38?/m1/s1. The number of hydrogen-bond acceptors (Lipinski definition) is 11. The summed E-state index contributed by atoms with van der Waals surface area (Å²) in [6, 6.07) is 0.876. The minimum Gasteiger partial charge on any atom is -0.457 e. The molecule has 4 rings (SSSR count). The average molecular weight is 706 g/mol. The van der Waals surface area contributed by atoms with E-state index in [-0.39, 0.29) is 55.1 Å². The maximum atomic E-state index is 13.6. The van der Waals surface area contributed by atoms with Gasteiger partial charge in [0.15, 0.2) is 6.10 Å². The largest absolute Gasteiger partial charge is 0.457 e. The minimum atomic E-state index is -1.14. The normalized spacial score (nSPS) is 37.2. The van der Waals surface area contributed by atoms with E-state index in [2.05, 4.69) is 18.7 Å². The predicted octanol–water partition coefficient (Wildman–Crippen LogP) is 4.43. The summed E-state index contributed by atoms with van der Waals surface area (Å²) in [4.78, 5) is 36.0. The van der Waals surface area contributed by atoms with E-state index in [4.69, 9.17) is 29.7 Å². The number of nitrogens with zero attached hydrogens (tertiary/aromatic N) is 2. The minimum absolute atomic E-state index is 0.0250. The summed E-state index contributed by atoms with van der Waals surface area (Å²) in [6.45, 7) is 17.3. The third-order valence-corrected chi connectivity index (χ3v) is 11.4. The molecule has 0 radical (unpaired) electrons. The van der Waals surface area contributed by atoms with Crippen molar-refractivity contribution in [3.05, 3.63) is 36.0 Å². The van der Waals surface area contributed by atoms with Crippen LogP contribution in [0.15, 0.2) is 36.0 Å². The van der Waals surface area contributed by atoms with Gasteiger partial charge in [-0.25, -0.2) is 10.7 Å². The Hall–Kier alpha value is -2.32. The van der Waals surface area contributed by atoms with E-state index < -0.39 is 35.5 Å². The van der Waals surface area contributed by atoms with E-state index in [0.29, 0.717) is 31.5 Å². The van der Waals surface area contributed by atoms with Gasteiger partial charge in [0.25, 0.3) is 0 Å². The Balaban J connectivity index is 1.48. The lowest BCUT2D eigenvalue weighted by Gasteiger charge is -2.39. The molecule has 284 valence electrons. The third-order valence-electron chi connectivity index (χ3n) is 11.4. The highest BCUT2D eigenvalue weighted by Crippen LogP contribution is 2.38. The van der Waals surface area contributed by atoms with Crippen molar-refractivity contribution in [3.63, 3.8) is 0 Å². The van der Waals surface area contributed by atoms with Gasteiger partial charge in [0.1, 0.15) is 11.7 Å². The highest BCUT2D eigenvalue weighted by atomic mass is 16.6. The molecule has 0 aromatic carbocycles. The second-order valence-electron chi connectivity index (χ2n) is 15.8. The summed E-state index contributed by atoms with van der Waals surface area (Å²) >= 11 is 0. The molecule has 12 heteroatoms. The smallest absolute Gasteiger partial charge is 0.410 e. The first-order valence-corrected chi connectivity index (χ1v) is 18.5. The Morgan fingerprint density at radius 3 is 2.56 bits per heavy atom. The Morgan fingerprint density at radius 1 is 1.24 bits per heavy atom. The average Bonchev–Trinajstić information content (AvgIpc) is 3.48. The SMILES string of the molecule is CCC(ON)C(C)C1OC1CC(C)(O)/C=C/C=C(\C)C1OC(=O)CC(O)CCC(C)(OC)C(OC(=O)N2C[C@H]3C[C@@H]2CN3C(C)C)/C=C/C1C. The molecule has 4 aliphatic heterocycles. The molecule has 3 saturated heterocycles. The van der Waals surface area contributed by atoms with Gasteiger partial charge in [0.05, 0.1) is 36.4 Å². The number of carbonyl (C=O) groups excluding carboxylic acids is 2. The van der Waals surface area contributed by atoms with E-state index in [9.17, 15) is 19.8 Å². The zero-order chi connectivity index (χ0) is 37.0. The third kappa shape index (κ3) is 9.96. The van der Waals surface area contributed by atoms with Crippen LogP contribution in [0.5, 0.6) is 0 Å². The number of amides is 1. The first kappa shape index (κ1) is 40.5. The molecule has 4 N–H and O–H groups in total. The van der Waals surface area contributed by atoms with E-state index >= 15 is 0 Å². The number of fused-ring (bicyclic) bond motifs is 2. The van der Waals surface area contributed by atoms with E-state index in [1.807, 2.05) is 57.7 Å². The van der Waals surface area contributed by atoms with Crippen LogP contribution in [-0.4, -0.2) is 118 Å². The fourth-order valence-electron chi connectivity index (χ4n) is 7.95.